The first-order valence-electron chi connectivity index (χ1n) is 7.11. The number of amides is 1. The van der Waals surface area contributed by atoms with Crippen LogP contribution in [0.25, 0.3) is 0 Å². The van der Waals surface area contributed by atoms with Crippen molar-refractivity contribution in [1.82, 2.24) is 4.90 Å². The van der Waals surface area contributed by atoms with Gasteiger partial charge in [0.2, 0.25) is 0 Å². The molecule has 1 saturated heterocycles. The van der Waals surface area contributed by atoms with Crippen LogP contribution in [0.3, 0.4) is 0 Å². The number of carbonyl (C=O) groups is 1. The molecule has 0 spiro atoms. The molecule has 1 aliphatic rings. The van der Waals surface area contributed by atoms with Crippen LogP contribution in [0.4, 0.5) is 10.5 Å². The Hall–Kier alpha value is -2.55. The van der Waals surface area contributed by atoms with Crippen LogP contribution < -0.4 is 0 Å². The molecule has 9 nitrogen and oxygen atoms in total. The Morgan fingerprint density at radius 1 is 1.48 bits per heavy atom. The maximum absolute atomic E-state index is 12.1. The summed E-state index contributed by atoms with van der Waals surface area (Å²) in [4.78, 5) is 23.6. The molecule has 1 aliphatic heterocycles. The fourth-order valence-corrected chi connectivity index (χ4v) is 2.41. The molecule has 0 saturated carbocycles. The van der Waals surface area contributed by atoms with E-state index in [1.807, 2.05) is 0 Å². The topological polar surface area (TPSA) is 118 Å². The Morgan fingerprint density at radius 2 is 2.17 bits per heavy atom. The number of aliphatic hydroxyl groups excluding tert-OH is 1. The molecule has 1 N–H and O–H groups in total. The molecule has 2 atom stereocenters. The number of non-ortho nitro benzene ring substituents is 1. The number of β-amino-alcohol motifs (C(OH)–C–C–N with tert-alkyl or cyclic N) is 1. The minimum Gasteiger partial charge on any atom is -0.445 e. The number of likely N-dealkylation sites (tertiary alicyclic amines) is 1. The number of hydrogen-bond donors (Lipinski definition) is 1. The molecule has 0 radical (unpaired) electrons. The van der Waals surface area contributed by atoms with E-state index in [4.69, 9.17) is 4.74 Å². The van der Waals surface area contributed by atoms with E-state index in [1.54, 1.807) is 7.05 Å². The standard InChI is InChI=1S/C14H18N4O5/c1-15-16-7-12-6-13(19)8-17(12)14(20)23-9-10-2-4-11(5-3-10)18(21)22/h2-5,12-13,19H,6-9H2,1H3/t12-,13+/m0/s1. The smallest absolute Gasteiger partial charge is 0.410 e. The van der Waals surface area contributed by atoms with Gasteiger partial charge in [-0.3, -0.25) is 10.1 Å². The molecule has 23 heavy (non-hydrogen) atoms. The Labute approximate surface area is 132 Å². The van der Waals surface area contributed by atoms with E-state index >= 15 is 0 Å². The Morgan fingerprint density at radius 3 is 2.78 bits per heavy atom. The van der Waals surface area contributed by atoms with Gasteiger partial charge in [0.15, 0.2) is 0 Å². The summed E-state index contributed by atoms with van der Waals surface area (Å²) in [5.74, 6) is 0. The van der Waals surface area contributed by atoms with Gasteiger partial charge in [-0.05, 0) is 24.1 Å². The molecule has 124 valence electrons. The lowest BCUT2D eigenvalue weighted by molar-refractivity contribution is -0.384. The van der Waals surface area contributed by atoms with Crippen molar-refractivity contribution in [2.45, 2.75) is 25.2 Å². The van der Waals surface area contributed by atoms with Crippen molar-refractivity contribution in [2.75, 3.05) is 20.1 Å². The van der Waals surface area contributed by atoms with Crippen LogP contribution in [0, 0.1) is 10.1 Å². The number of ether oxygens (including phenoxy) is 1. The normalized spacial score (nSPS) is 20.9. The third-order valence-electron chi connectivity index (χ3n) is 3.57. The number of aliphatic hydroxyl groups is 1. The van der Waals surface area contributed by atoms with Gasteiger partial charge < -0.3 is 14.7 Å². The van der Waals surface area contributed by atoms with E-state index in [1.165, 1.54) is 29.2 Å². The average Bonchev–Trinajstić information content (AvgIpc) is 2.92. The lowest BCUT2D eigenvalue weighted by atomic mass is 10.2. The molecule has 0 aliphatic carbocycles. The second kappa shape index (κ2) is 7.63. The van der Waals surface area contributed by atoms with Crippen LogP contribution >= 0.6 is 0 Å². The Bertz CT molecular complexity index is 589. The van der Waals surface area contributed by atoms with E-state index in [0.717, 1.165) is 0 Å². The van der Waals surface area contributed by atoms with Crippen LogP contribution in [0.15, 0.2) is 34.5 Å². The highest BCUT2D eigenvalue weighted by Crippen LogP contribution is 2.20. The van der Waals surface area contributed by atoms with Gasteiger partial charge in [0.05, 0.1) is 30.2 Å². The van der Waals surface area contributed by atoms with E-state index in [0.29, 0.717) is 18.5 Å². The van der Waals surface area contributed by atoms with Crippen LogP contribution in [-0.2, 0) is 11.3 Å². The second-order valence-electron chi connectivity index (χ2n) is 5.20. The molecule has 1 aromatic carbocycles. The zero-order chi connectivity index (χ0) is 16.8. The van der Waals surface area contributed by atoms with Crippen LogP contribution in [0.2, 0.25) is 0 Å². The third-order valence-corrected chi connectivity index (χ3v) is 3.57. The number of nitro benzene ring substituents is 1. The van der Waals surface area contributed by atoms with Crippen LogP contribution in [0.5, 0.6) is 0 Å². The molecule has 0 bridgehead atoms. The molecule has 1 heterocycles. The number of rotatable bonds is 5. The zero-order valence-corrected chi connectivity index (χ0v) is 12.7. The summed E-state index contributed by atoms with van der Waals surface area (Å²) in [6, 6.07) is 5.54. The van der Waals surface area contributed by atoms with Crippen LogP contribution in [-0.4, -0.2) is 53.3 Å². The number of carbonyl (C=O) groups excluding carboxylic acids is 1. The van der Waals surface area contributed by atoms with Gasteiger partial charge in [-0.1, -0.05) is 0 Å². The van der Waals surface area contributed by atoms with E-state index in [9.17, 15) is 20.0 Å². The lowest BCUT2D eigenvalue weighted by Crippen LogP contribution is -2.37. The Balaban J connectivity index is 1.91. The second-order valence-corrected chi connectivity index (χ2v) is 5.20. The highest BCUT2D eigenvalue weighted by Gasteiger charge is 2.35. The molecule has 9 heteroatoms. The van der Waals surface area contributed by atoms with Crippen molar-refractivity contribution < 1.29 is 19.6 Å². The predicted octanol–water partition coefficient (Wildman–Crippen LogP) is 1.75. The first-order chi connectivity index (χ1) is 11.0. The van der Waals surface area contributed by atoms with Gasteiger partial charge in [-0.25, -0.2) is 4.79 Å². The first kappa shape index (κ1) is 16.8. The Kier molecular flexibility index (Phi) is 5.58. The minimum atomic E-state index is -0.598. The molecule has 2 rings (SSSR count). The summed E-state index contributed by atoms with van der Waals surface area (Å²) in [6.07, 6.45) is -0.707. The van der Waals surface area contributed by atoms with Gasteiger partial charge in [-0.2, -0.15) is 10.2 Å². The fraction of sp³-hybridized carbons (Fsp3) is 0.500. The van der Waals surface area contributed by atoms with E-state index in [2.05, 4.69) is 10.2 Å². The summed E-state index contributed by atoms with van der Waals surface area (Å²) in [5.41, 5.74) is 0.626. The van der Waals surface area contributed by atoms with Crippen molar-refractivity contribution in [2.24, 2.45) is 10.2 Å². The number of hydrogen-bond acceptors (Lipinski definition) is 7. The maximum Gasteiger partial charge on any atom is 0.410 e. The highest BCUT2D eigenvalue weighted by atomic mass is 16.6. The molecule has 0 unspecified atom stereocenters. The monoisotopic (exact) mass is 322 g/mol. The summed E-state index contributed by atoms with van der Waals surface area (Å²) in [7, 11) is 1.54. The zero-order valence-electron chi connectivity index (χ0n) is 12.7. The summed E-state index contributed by atoms with van der Waals surface area (Å²) < 4.78 is 5.20. The SMILES string of the molecule is CN=NC[C@@H]1C[C@@H](O)CN1C(=O)OCc1ccc([N+](=O)[O-])cc1. The maximum atomic E-state index is 12.1. The number of nitro groups is 1. The molecular formula is C14H18N4O5. The highest BCUT2D eigenvalue weighted by molar-refractivity contribution is 5.68. The van der Waals surface area contributed by atoms with Crippen molar-refractivity contribution in [3.63, 3.8) is 0 Å². The number of nitrogens with zero attached hydrogens (tertiary/aromatic N) is 4. The fourth-order valence-electron chi connectivity index (χ4n) is 2.41. The average molecular weight is 322 g/mol. The molecular weight excluding hydrogens is 304 g/mol. The van der Waals surface area contributed by atoms with Gasteiger partial charge in [0.1, 0.15) is 6.61 Å². The van der Waals surface area contributed by atoms with Crippen molar-refractivity contribution >= 4 is 11.8 Å². The lowest BCUT2D eigenvalue weighted by Gasteiger charge is -2.22. The van der Waals surface area contributed by atoms with Gasteiger partial charge in [-0.15, -0.1) is 0 Å². The molecule has 0 aromatic heterocycles. The van der Waals surface area contributed by atoms with Crippen molar-refractivity contribution in [1.29, 1.82) is 0 Å². The summed E-state index contributed by atoms with van der Waals surface area (Å²) >= 11 is 0. The van der Waals surface area contributed by atoms with E-state index < -0.39 is 17.1 Å². The number of benzene rings is 1. The number of azo groups is 1. The summed E-state index contributed by atoms with van der Waals surface area (Å²) in [5, 5.41) is 27.8. The predicted molar refractivity (Wildman–Crippen MR) is 80.0 cm³/mol. The van der Waals surface area contributed by atoms with Gasteiger partial charge in [0.25, 0.3) is 5.69 Å². The quantitative estimate of drug-likeness (QED) is 0.503. The molecule has 1 aromatic rings. The molecule has 1 amide bonds. The van der Waals surface area contributed by atoms with Crippen molar-refractivity contribution in [3.8, 4) is 0 Å². The minimum absolute atomic E-state index is 0.00540. The first-order valence-corrected chi connectivity index (χ1v) is 7.11. The van der Waals surface area contributed by atoms with Crippen LogP contribution in [0.1, 0.15) is 12.0 Å². The molecule has 1 fully saturated rings. The van der Waals surface area contributed by atoms with E-state index in [-0.39, 0.29) is 24.9 Å². The third kappa shape index (κ3) is 4.46. The van der Waals surface area contributed by atoms with Gasteiger partial charge >= 0.3 is 6.09 Å². The summed E-state index contributed by atoms with van der Waals surface area (Å²) in [6.45, 7) is 0.522. The van der Waals surface area contributed by atoms with Gasteiger partial charge in [0, 0.05) is 19.2 Å². The van der Waals surface area contributed by atoms with Crippen molar-refractivity contribution in [3.05, 3.63) is 39.9 Å². The largest absolute Gasteiger partial charge is 0.445 e.